The number of benzene rings is 1. The van der Waals surface area contributed by atoms with Crippen LogP contribution in [0.15, 0.2) is 29.7 Å². The summed E-state index contributed by atoms with van der Waals surface area (Å²) < 4.78 is 0. The molecule has 1 aromatic heterocycles. The van der Waals surface area contributed by atoms with E-state index in [-0.39, 0.29) is 5.82 Å². The van der Waals surface area contributed by atoms with E-state index >= 15 is 0 Å². The summed E-state index contributed by atoms with van der Waals surface area (Å²) in [5.41, 5.74) is 7.01. The average molecular weight is 312 g/mol. The number of hydrogen-bond acceptors (Lipinski definition) is 6. The van der Waals surface area contributed by atoms with Crippen molar-refractivity contribution < 1.29 is 4.84 Å². The van der Waals surface area contributed by atoms with E-state index in [2.05, 4.69) is 25.3 Å². The molecule has 0 unspecified atom stereocenters. The van der Waals surface area contributed by atoms with Crippen molar-refractivity contribution in [1.82, 2.24) is 9.97 Å². The summed E-state index contributed by atoms with van der Waals surface area (Å²) in [5.74, 6) is 0.764. The Kier molecular flexibility index (Phi) is 4.60. The van der Waals surface area contributed by atoms with Gasteiger partial charge in [-0.25, -0.2) is 9.97 Å². The molecule has 1 heterocycles. The van der Waals surface area contributed by atoms with Crippen LogP contribution >= 0.6 is 23.2 Å². The lowest BCUT2D eigenvalue weighted by molar-refractivity contribution is 0.215. The molecule has 0 amide bonds. The second-order valence-electron chi connectivity index (χ2n) is 3.69. The lowest BCUT2D eigenvalue weighted by Crippen LogP contribution is -2.05. The summed E-state index contributed by atoms with van der Waals surface area (Å²) in [4.78, 5) is 12.6. The third-order valence-electron chi connectivity index (χ3n) is 2.38. The molecule has 0 bridgehead atoms. The Balaban J connectivity index is 2.35. The molecule has 0 saturated heterocycles. The molecule has 1 aromatic carbocycles. The van der Waals surface area contributed by atoms with Crippen molar-refractivity contribution in [1.29, 1.82) is 0 Å². The number of rotatable bonds is 4. The summed E-state index contributed by atoms with van der Waals surface area (Å²) in [6.07, 6.45) is 2.77. The number of hydrogen-bond donors (Lipinski definition) is 2. The molecule has 3 N–H and O–H groups in total. The molecule has 0 fully saturated rings. The van der Waals surface area contributed by atoms with Crippen LogP contribution < -0.4 is 11.1 Å². The highest BCUT2D eigenvalue weighted by atomic mass is 35.5. The fraction of sp³-hybridized carbons (Fsp3) is 0.0833. The molecule has 0 saturated carbocycles. The number of nitrogens with zero attached hydrogens (tertiary/aromatic N) is 3. The first kappa shape index (κ1) is 14.4. The fourth-order valence-electron chi connectivity index (χ4n) is 1.45. The second kappa shape index (κ2) is 6.40. The van der Waals surface area contributed by atoms with Crippen molar-refractivity contribution in [3.05, 3.63) is 40.1 Å². The van der Waals surface area contributed by atoms with Gasteiger partial charge in [-0.05, 0) is 18.2 Å². The minimum absolute atomic E-state index is 0.281. The highest BCUT2D eigenvalue weighted by molar-refractivity contribution is 6.42. The van der Waals surface area contributed by atoms with Gasteiger partial charge in [-0.2, -0.15) is 0 Å². The molecule has 0 aliphatic heterocycles. The lowest BCUT2D eigenvalue weighted by atomic mass is 10.2. The number of oxime groups is 1. The summed E-state index contributed by atoms with van der Waals surface area (Å²) in [5, 5.41) is 7.64. The normalized spacial score (nSPS) is 10.8. The Morgan fingerprint density at radius 3 is 2.80 bits per heavy atom. The van der Waals surface area contributed by atoms with Crippen LogP contribution in [0.4, 0.5) is 17.3 Å². The monoisotopic (exact) mass is 311 g/mol. The first-order valence-electron chi connectivity index (χ1n) is 5.51. The highest BCUT2D eigenvalue weighted by Crippen LogP contribution is 2.27. The predicted molar refractivity (Wildman–Crippen MR) is 80.8 cm³/mol. The van der Waals surface area contributed by atoms with E-state index in [4.69, 9.17) is 28.9 Å². The number of aromatic nitrogens is 2. The summed E-state index contributed by atoms with van der Waals surface area (Å²) in [6, 6.07) is 5.13. The molecule has 6 nitrogen and oxygen atoms in total. The third kappa shape index (κ3) is 3.28. The first-order valence-corrected chi connectivity index (χ1v) is 6.26. The van der Waals surface area contributed by atoms with Crippen molar-refractivity contribution in [2.75, 3.05) is 18.2 Å². The number of anilines is 3. The first-order chi connectivity index (χ1) is 9.61. The van der Waals surface area contributed by atoms with Gasteiger partial charge in [0.05, 0.1) is 21.8 Å². The summed E-state index contributed by atoms with van der Waals surface area (Å²) in [6.45, 7) is 0. The molecule has 20 heavy (non-hydrogen) atoms. The van der Waals surface area contributed by atoms with Crippen LogP contribution in [-0.2, 0) is 4.84 Å². The van der Waals surface area contributed by atoms with Gasteiger partial charge in [0.1, 0.15) is 25.1 Å². The molecule has 0 aliphatic rings. The van der Waals surface area contributed by atoms with E-state index in [0.29, 0.717) is 27.1 Å². The van der Waals surface area contributed by atoms with Crippen molar-refractivity contribution in [3.63, 3.8) is 0 Å². The van der Waals surface area contributed by atoms with E-state index in [1.54, 1.807) is 18.2 Å². The zero-order chi connectivity index (χ0) is 14.5. The maximum atomic E-state index is 5.96. The van der Waals surface area contributed by atoms with Gasteiger partial charge in [-0.3, -0.25) is 0 Å². The van der Waals surface area contributed by atoms with Crippen molar-refractivity contribution in [3.8, 4) is 0 Å². The van der Waals surface area contributed by atoms with Crippen LogP contribution in [0, 0.1) is 0 Å². The van der Waals surface area contributed by atoms with Crippen molar-refractivity contribution >= 4 is 46.7 Å². The third-order valence-corrected chi connectivity index (χ3v) is 3.12. The van der Waals surface area contributed by atoms with Gasteiger partial charge in [-0.1, -0.05) is 28.4 Å². The van der Waals surface area contributed by atoms with Gasteiger partial charge in [0.15, 0.2) is 0 Å². The molecule has 104 valence electrons. The van der Waals surface area contributed by atoms with Gasteiger partial charge in [-0.15, -0.1) is 0 Å². The minimum Gasteiger partial charge on any atom is -0.399 e. The molecule has 0 spiro atoms. The Labute approximate surface area is 125 Å². The minimum atomic E-state index is 0.281. The summed E-state index contributed by atoms with van der Waals surface area (Å²) >= 11 is 11.8. The quantitative estimate of drug-likeness (QED) is 0.669. The Hall–Kier alpha value is -2.05. The predicted octanol–water partition coefficient (Wildman–Crippen LogP) is 3.09. The molecule has 2 aromatic rings. The zero-order valence-corrected chi connectivity index (χ0v) is 12.0. The van der Waals surface area contributed by atoms with Gasteiger partial charge in [0.25, 0.3) is 0 Å². The maximum absolute atomic E-state index is 5.96. The second-order valence-corrected chi connectivity index (χ2v) is 4.51. The summed E-state index contributed by atoms with van der Waals surface area (Å²) in [7, 11) is 1.43. The fourth-order valence-corrected chi connectivity index (χ4v) is 1.75. The van der Waals surface area contributed by atoms with Gasteiger partial charge >= 0.3 is 0 Å². The standard InChI is InChI=1S/C12H11Cl2N5O/c1-20-18-5-8-11(15)16-6-17-12(8)19-7-2-3-9(13)10(14)4-7/h2-6H,1H3,(H3,15,16,17,19)/b18-5+. The zero-order valence-electron chi connectivity index (χ0n) is 10.5. The van der Waals surface area contributed by atoms with E-state index in [0.717, 1.165) is 0 Å². The van der Waals surface area contributed by atoms with E-state index in [9.17, 15) is 0 Å². The van der Waals surface area contributed by atoms with Crippen LogP contribution in [0.1, 0.15) is 5.56 Å². The van der Waals surface area contributed by atoms with Crippen LogP contribution in [0.25, 0.3) is 0 Å². The Morgan fingerprint density at radius 2 is 2.10 bits per heavy atom. The molecule has 8 heteroatoms. The largest absolute Gasteiger partial charge is 0.399 e. The molecule has 0 aliphatic carbocycles. The van der Waals surface area contributed by atoms with Crippen LogP contribution in [-0.4, -0.2) is 23.3 Å². The maximum Gasteiger partial charge on any atom is 0.144 e. The van der Waals surface area contributed by atoms with Crippen LogP contribution in [0.5, 0.6) is 0 Å². The molecule has 0 atom stereocenters. The molecular formula is C12H11Cl2N5O. The van der Waals surface area contributed by atoms with Crippen LogP contribution in [0.2, 0.25) is 10.0 Å². The number of nitrogens with one attached hydrogen (secondary N) is 1. The van der Waals surface area contributed by atoms with Crippen molar-refractivity contribution in [2.45, 2.75) is 0 Å². The Morgan fingerprint density at radius 1 is 1.30 bits per heavy atom. The number of nitrogens with two attached hydrogens (primary N) is 1. The topological polar surface area (TPSA) is 85.4 Å². The van der Waals surface area contributed by atoms with E-state index in [1.165, 1.54) is 19.7 Å². The number of nitrogen functional groups attached to an aromatic ring is 1. The molecule has 0 radical (unpaired) electrons. The molecule has 2 rings (SSSR count). The smallest absolute Gasteiger partial charge is 0.144 e. The average Bonchev–Trinajstić information content (AvgIpc) is 2.42. The lowest BCUT2D eigenvalue weighted by Gasteiger charge is -2.10. The van der Waals surface area contributed by atoms with Crippen molar-refractivity contribution in [2.24, 2.45) is 5.16 Å². The number of halogens is 2. The SMILES string of the molecule is CO/N=C/c1c(N)ncnc1Nc1ccc(Cl)c(Cl)c1. The van der Waals surface area contributed by atoms with Gasteiger partial charge in [0.2, 0.25) is 0 Å². The van der Waals surface area contributed by atoms with E-state index in [1.807, 2.05) is 0 Å². The van der Waals surface area contributed by atoms with Gasteiger partial charge < -0.3 is 15.9 Å². The van der Waals surface area contributed by atoms with E-state index < -0.39 is 0 Å². The Bertz CT molecular complexity index is 648. The molecular weight excluding hydrogens is 301 g/mol. The van der Waals surface area contributed by atoms with Gasteiger partial charge in [0, 0.05) is 5.69 Å². The van der Waals surface area contributed by atoms with Crippen LogP contribution in [0.3, 0.4) is 0 Å². The highest BCUT2D eigenvalue weighted by Gasteiger charge is 2.08.